The smallest absolute Gasteiger partial charge is 0.0693 e. The van der Waals surface area contributed by atoms with Crippen LogP contribution in [0.1, 0.15) is 38.9 Å². The molecule has 0 atom stereocenters. The maximum Gasteiger partial charge on any atom is 0.242 e. The van der Waals surface area contributed by atoms with E-state index in [9.17, 15) is 0 Å². The van der Waals surface area contributed by atoms with Crippen molar-refractivity contribution in [1.29, 1.82) is 0 Å². The highest BCUT2D eigenvalue weighted by molar-refractivity contribution is 6.96. The lowest BCUT2D eigenvalue weighted by Gasteiger charge is -2.25. The van der Waals surface area contributed by atoms with Crippen molar-refractivity contribution in [2.24, 2.45) is 0 Å². The second-order valence-corrected chi connectivity index (χ2v) is 14.0. The minimum Gasteiger partial charge on any atom is -0.0693 e. The van der Waals surface area contributed by atoms with Gasteiger partial charge >= 0.3 is 0 Å². The van der Waals surface area contributed by atoms with Crippen molar-refractivity contribution in [3.8, 4) is 33.4 Å². The van der Waals surface area contributed by atoms with Gasteiger partial charge in [0.2, 0.25) is 6.71 Å². The van der Waals surface area contributed by atoms with Gasteiger partial charge in [-0.2, -0.15) is 0 Å². The molecule has 0 amide bonds. The number of allylic oxidation sites excluding steroid dienone is 1. The van der Waals surface area contributed by atoms with Crippen LogP contribution in [0.4, 0.5) is 0 Å². The fraction of sp³-hybridized carbons (Fsp3) is 0.149. The molecule has 6 aromatic carbocycles. The molecule has 0 fully saturated rings. The molecule has 0 aliphatic heterocycles. The molecule has 0 heterocycles. The van der Waals surface area contributed by atoms with Crippen molar-refractivity contribution >= 4 is 34.4 Å². The lowest BCUT2D eigenvalue weighted by Crippen LogP contribution is -2.55. The zero-order valence-electron chi connectivity index (χ0n) is 28.8. The van der Waals surface area contributed by atoms with Crippen LogP contribution in [0.25, 0.3) is 44.7 Å². The minimum absolute atomic E-state index is 0.149. The normalized spacial score (nSPS) is 12.4. The van der Waals surface area contributed by atoms with E-state index in [1.54, 1.807) is 0 Å². The third-order valence-electron chi connectivity index (χ3n) is 10.4. The number of rotatable bonds is 5. The molecule has 0 nitrogen and oxygen atoms in total. The Labute approximate surface area is 285 Å². The Hall–Kier alpha value is -5.32. The third kappa shape index (κ3) is 5.14. The Morgan fingerprint density at radius 3 is 1.73 bits per heavy atom. The van der Waals surface area contributed by atoms with Gasteiger partial charge in [0.25, 0.3) is 0 Å². The highest BCUT2D eigenvalue weighted by Crippen LogP contribution is 2.34. The van der Waals surface area contributed by atoms with Crippen LogP contribution in [0, 0.1) is 41.5 Å². The second kappa shape index (κ2) is 11.7. The number of benzene rings is 6. The monoisotopic (exact) mass is 614 g/mol. The largest absolute Gasteiger partial charge is 0.242 e. The molecule has 6 aromatic rings. The van der Waals surface area contributed by atoms with Crippen molar-refractivity contribution in [2.45, 2.75) is 48.0 Å². The second-order valence-electron chi connectivity index (χ2n) is 14.0. The summed E-state index contributed by atoms with van der Waals surface area (Å²) in [6.07, 6.45) is 3.04. The van der Waals surface area contributed by atoms with Gasteiger partial charge in [0.05, 0.1) is 0 Å². The van der Waals surface area contributed by atoms with Crippen LogP contribution in [0.5, 0.6) is 0 Å². The van der Waals surface area contributed by atoms with Crippen LogP contribution < -0.4 is 26.8 Å². The molecule has 0 aromatic heterocycles. The molecule has 8 rings (SSSR count). The number of hydrogen-bond acceptors (Lipinski definition) is 0. The summed E-state index contributed by atoms with van der Waals surface area (Å²) in [5.74, 6) is 0. The molecule has 0 saturated carbocycles. The van der Waals surface area contributed by atoms with Crippen molar-refractivity contribution in [1.82, 2.24) is 0 Å². The lowest BCUT2D eigenvalue weighted by molar-refractivity contribution is 1.24. The quantitative estimate of drug-likeness (QED) is 0.137. The Morgan fingerprint density at radius 2 is 1.08 bits per heavy atom. The van der Waals surface area contributed by atoms with Crippen LogP contribution in [0.2, 0.25) is 0 Å². The first kappa shape index (κ1) is 30.0. The summed E-state index contributed by atoms with van der Waals surface area (Å²) in [7, 11) is 0. The van der Waals surface area contributed by atoms with Crippen LogP contribution in [-0.4, -0.2) is 6.71 Å². The highest BCUT2D eigenvalue weighted by Gasteiger charge is 2.28. The average molecular weight is 615 g/mol. The molecule has 1 heteroatoms. The standard InChI is InChI=1S/C47H39B/c1-29-21-31(3)46(32(4)22-29)48(47-33(5)23-30(2)24-34(47)6)42-17-9-15-38(27-42)36-13-8-14-37(25-36)39-19-20-40-26-41-16-7-11-35-12-10-18-43(45(35)41)44(40)28-39/h8-10,12-25,27-28H,26H2,1-6H3. The van der Waals surface area contributed by atoms with Gasteiger partial charge < -0.3 is 0 Å². The van der Waals surface area contributed by atoms with Crippen molar-refractivity contribution in [2.75, 3.05) is 0 Å². The van der Waals surface area contributed by atoms with Gasteiger partial charge in [0.1, 0.15) is 0 Å². The predicted octanol–water partition coefficient (Wildman–Crippen LogP) is 7.87. The zero-order chi connectivity index (χ0) is 33.1. The molecule has 2 aliphatic carbocycles. The molecule has 48 heavy (non-hydrogen) atoms. The van der Waals surface area contributed by atoms with Crippen LogP contribution >= 0.6 is 0 Å². The summed E-state index contributed by atoms with van der Waals surface area (Å²) in [5, 5.41) is 2.47. The van der Waals surface area contributed by atoms with Gasteiger partial charge in [-0.3, -0.25) is 0 Å². The Balaban J connectivity index is 1.23. The summed E-state index contributed by atoms with van der Waals surface area (Å²) < 4.78 is 0. The van der Waals surface area contributed by atoms with Crippen molar-refractivity contribution in [3.63, 3.8) is 0 Å². The molecule has 230 valence electrons. The van der Waals surface area contributed by atoms with E-state index in [1.807, 2.05) is 0 Å². The molecule has 0 radical (unpaired) electrons. The SMILES string of the molecule is Cc1cc(C)c(B(c2cccc(-c3cccc(-c4ccc5c(c4)-c4cccc6c4=C(C=C=C=6)C5)c3)c2)c2c(C)cc(C)cc2C)c(C)c1. The van der Waals surface area contributed by atoms with Crippen molar-refractivity contribution < 1.29 is 0 Å². The third-order valence-corrected chi connectivity index (χ3v) is 10.4. The van der Waals surface area contributed by atoms with Gasteiger partial charge in [0.15, 0.2) is 0 Å². The van der Waals surface area contributed by atoms with Crippen LogP contribution in [0.3, 0.4) is 0 Å². The first-order chi connectivity index (χ1) is 23.2. The summed E-state index contributed by atoms with van der Waals surface area (Å²) in [6, 6.07) is 41.3. The van der Waals surface area contributed by atoms with E-state index in [-0.39, 0.29) is 6.71 Å². The lowest BCUT2D eigenvalue weighted by atomic mass is 9.34. The van der Waals surface area contributed by atoms with Gasteiger partial charge in [-0.25, -0.2) is 0 Å². The van der Waals surface area contributed by atoms with E-state index in [0.29, 0.717) is 0 Å². The molecule has 2 aliphatic rings. The highest BCUT2D eigenvalue weighted by atomic mass is 14.2. The van der Waals surface area contributed by atoms with Gasteiger partial charge in [-0.05, 0) is 117 Å². The van der Waals surface area contributed by atoms with Gasteiger partial charge in [-0.15, -0.1) is 0 Å². The van der Waals surface area contributed by atoms with E-state index in [2.05, 4.69) is 168 Å². The summed E-state index contributed by atoms with van der Waals surface area (Å²) in [5.41, 5.74) is 29.1. The molecular weight excluding hydrogens is 575 g/mol. The predicted molar refractivity (Wildman–Crippen MR) is 207 cm³/mol. The summed E-state index contributed by atoms with van der Waals surface area (Å²) in [6.45, 7) is 13.7. The Bertz CT molecular complexity index is 2410. The fourth-order valence-electron chi connectivity index (χ4n) is 8.55. The van der Waals surface area contributed by atoms with Crippen LogP contribution in [0.15, 0.2) is 121 Å². The molecule has 0 N–H and O–H groups in total. The van der Waals surface area contributed by atoms with E-state index < -0.39 is 0 Å². The van der Waals surface area contributed by atoms with E-state index in [1.165, 1.54) is 99.5 Å². The molecule has 0 spiro atoms. The zero-order valence-corrected chi connectivity index (χ0v) is 28.8. The molecule has 0 unspecified atom stereocenters. The Morgan fingerprint density at radius 1 is 0.521 bits per heavy atom. The first-order valence-corrected chi connectivity index (χ1v) is 17.1. The van der Waals surface area contributed by atoms with Crippen molar-refractivity contribution in [3.05, 3.63) is 170 Å². The first-order valence-electron chi connectivity index (χ1n) is 17.1. The minimum atomic E-state index is 0.149. The van der Waals surface area contributed by atoms with Gasteiger partial charge in [-0.1, -0.05) is 152 Å². The number of aryl methyl sites for hydroxylation is 6. The molecule has 0 saturated heterocycles. The van der Waals surface area contributed by atoms with E-state index >= 15 is 0 Å². The fourth-order valence-corrected chi connectivity index (χ4v) is 8.55. The van der Waals surface area contributed by atoms with E-state index in [4.69, 9.17) is 0 Å². The summed E-state index contributed by atoms with van der Waals surface area (Å²) >= 11 is 0. The Kier molecular flexibility index (Phi) is 7.34. The average Bonchev–Trinajstić information content (AvgIpc) is 3.07. The van der Waals surface area contributed by atoms with E-state index in [0.717, 1.165) is 11.6 Å². The molecular formula is C47H39B. The maximum absolute atomic E-state index is 3.33. The molecule has 0 bridgehead atoms. The number of hydrogen-bond donors (Lipinski definition) is 0. The summed E-state index contributed by atoms with van der Waals surface area (Å²) in [4.78, 5) is 0. The maximum atomic E-state index is 3.33. The van der Waals surface area contributed by atoms with Crippen LogP contribution in [-0.2, 0) is 6.42 Å². The number of fused-ring (bicyclic) bond motifs is 2. The van der Waals surface area contributed by atoms with Gasteiger partial charge in [0, 0.05) is 10.4 Å². The topological polar surface area (TPSA) is 0 Å².